The van der Waals surface area contributed by atoms with Gasteiger partial charge in [-0.25, -0.2) is 4.98 Å². The second kappa shape index (κ2) is 10.4. The van der Waals surface area contributed by atoms with Crippen molar-refractivity contribution < 1.29 is 24.0 Å². The number of thioether (sulfide) groups is 1. The summed E-state index contributed by atoms with van der Waals surface area (Å²) in [5.41, 5.74) is 6.67. The second-order valence-electron chi connectivity index (χ2n) is 6.77. The predicted molar refractivity (Wildman–Crippen MR) is 124 cm³/mol. The lowest BCUT2D eigenvalue weighted by atomic mass is 10.0. The molecule has 1 unspecified atom stereocenters. The molecule has 1 aromatic rings. The number of nitrogens with two attached hydrogens (primary N) is 1. The fourth-order valence-corrected chi connectivity index (χ4v) is 5.46. The molecule has 11 nitrogen and oxygen atoms in total. The van der Waals surface area contributed by atoms with Gasteiger partial charge >= 0.3 is 0 Å². The molecule has 0 aromatic carbocycles. The SMILES string of the molecule is CCC(=O)NCCC1=C(C(=O)S)N2C(=O)C(NC(=O)/C(=N\OC)c3csc(N)n3)[C@H]2SC1. The monoisotopic (exact) mass is 498 g/mol. The number of nitrogens with zero attached hydrogens (tertiary/aromatic N) is 3. The van der Waals surface area contributed by atoms with Crippen molar-refractivity contribution in [3.63, 3.8) is 0 Å². The summed E-state index contributed by atoms with van der Waals surface area (Å²) in [6, 6.07) is -0.852. The first-order valence-electron chi connectivity index (χ1n) is 9.58. The Morgan fingerprint density at radius 2 is 2.19 bits per heavy atom. The molecule has 2 aliphatic rings. The van der Waals surface area contributed by atoms with Crippen molar-refractivity contribution in [2.24, 2.45) is 5.16 Å². The molecule has 3 heterocycles. The molecule has 2 aliphatic heterocycles. The molecular weight excluding hydrogens is 476 g/mol. The number of thiol groups is 1. The molecule has 3 amide bonds. The van der Waals surface area contributed by atoms with Crippen LogP contribution in [0.5, 0.6) is 0 Å². The normalized spacial score (nSPS) is 20.4. The maximum atomic E-state index is 12.8. The van der Waals surface area contributed by atoms with E-state index in [-0.39, 0.29) is 28.1 Å². The van der Waals surface area contributed by atoms with Crippen LogP contribution in [0.2, 0.25) is 0 Å². The van der Waals surface area contributed by atoms with Gasteiger partial charge in [0.25, 0.3) is 11.8 Å². The summed E-state index contributed by atoms with van der Waals surface area (Å²) in [5, 5.41) is 9.92. The Kier molecular flexibility index (Phi) is 7.79. The van der Waals surface area contributed by atoms with Gasteiger partial charge in [-0.05, 0) is 12.0 Å². The molecule has 0 radical (unpaired) electrons. The number of anilines is 1. The van der Waals surface area contributed by atoms with E-state index in [1.807, 2.05) is 0 Å². The second-order valence-corrected chi connectivity index (χ2v) is 9.17. The molecule has 0 spiro atoms. The fourth-order valence-electron chi connectivity index (χ4n) is 3.25. The van der Waals surface area contributed by atoms with E-state index in [9.17, 15) is 19.2 Å². The number of nitrogen functional groups attached to an aromatic ring is 1. The Morgan fingerprint density at radius 1 is 1.44 bits per heavy atom. The van der Waals surface area contributed by atoms with Crippen molar-refractivity contribution in [1.29, 1.82) is 0 Å². The molecule has 0 saturated carbocycles. The fraction of sp³-hybridized carbons (Fsp3) is 0.444. The van der Waals surface area contributed by atoms with Crippen LogP contribution in [0.3, 0.4) is 0 Å². The summed E-state index contributed by atoms with van der Waals surface area (Å²) in [5.74, 6) is -0.709. The van der Waals surface area contributed by atoms with Crippen molar-refractivity contribution >= 4 is 69.4 Å². The van der Waals surface area contributed by atoms with Crippen LogP contribution in [-0.4, -0.2) is 69.3 Å². The molecule has 1 fully saturated rings. The van der Waals surface area contributed by atoms with Crippen LogP contribution in [0.4, 0.5) is 5.13 Å². The number of oxime groups is 1. The van der Waals surface area contributed by atoms with Crippen molar-refractivity contribution in [1.82, 2.24) is 20.5 Å². The van der Waals surface area contributed by atoms with E-state index >= 15 is 0 Å². The smallest absolute Gasteiger partial charge is 0.276 e. The summed E-state index contributed by atoms with van der Waals surface area (Å²) >= 11 is 6.49. The van der Waals surface area contributed by atoms with E-state index in [1.54, 1.807) is 12.3 Å². The minimum absolute atomic E-state index is 0.0936. The Bertz CT molecular complexity index is 1010. The van der Waals surface area contributed by atoms with Crippen molar-refractivity contribution in [3.8, 4) is 0 Å². The summed E-state index contributed by atoms with van der Waals surface area (Å²) < 4.78 is 0. The molecule has 32 heavy (non-hydrogen) atoms. The highest BCUT2D eigenvalue weighted by Crippen LogP contribution is 2.41. The van der Waals surface area contributed by atoms with Gasteiger partial charge in [0.05, 0.1) is 5.70 Å². The lowest BCUT2D eigenvalue weighted by Crippen LogP contribution is -2.70. The molecule has 2 atom stereocenters. The highest BCUT2D eigenvalue weighted by Gasteiger charge is 2.53. The van der Waals surface area contributed by atoms with Crippen LogP contribution in [-0.2, 0) is 24.0 Å². The maximum absolute atomic E-state index is 12.8. The Balaban J connectivity index is 1.72. The summed E-state index contributed by atoms with van der Waals surface area (Å²) in [6.45, 7) is 2.10. The van der Waals surface area contributed by atoms with Crippen molar-refractivity contribution in [3.05, 3.63) is 22.3 Å². The zero-order valence-corrected chi connectivity index (χ0v) is 19.8. The van der Waals surface area contributed by atoms with Gasteiger partial charge in [0.15, 0.2) is 10.8 Å². The summed E-state index contributed by atoms with van der Waals surface area (Å²) in [7, 11) is 1.29. The molecule has 3 rings (SSSR count). The highest BCUT2D eigenvalue weighted by atomic mass is 32.2. The van der Waals surface area contributed by atoms with Gasteiger partial charge in [0, 0.05) is 24.1 Å². The van der Waals surface area contributed by atoms with Gasteiger partial charge in [0.1, 0.15) is 24.2 Å². The number of carbonyl (C=O) groups excluding carboxylic acids is 4. The highest BCUT2D eigenvalue weighted by molar-refractivity contribution is 8.00. The van der Waals surface area contributed by atoms with E-state index < -0.39 is 28.3 Å². The lowest BCUT2D eigenvalue weighted by Gasteiger charge is -2.49. The topological polar surface area (TPSA) is 156 Å². The lowest BCUT2D eigenvalue weighted by molar-refractivity contribution is -0.146. The van der Waals surface area contributed by atoms with Crippen LogP contribution < -0.4 is 16.4 Å². The largest absolute Gasteiger partial charge is 0.398 e. The number of nitrogens with one attached hydrogen (secondary N) is 2. The number of aromatic nitrogens is 1. The van der Waals surface area contributed by atoms with Gasteiger partial charge in [-0.2, -0.15) is 0 Å². The third-order valence-electron chi connectivity index (χ3n) is 4.77. The quantitative estimate of drug-likeness (QED) is 0.162. The zero-order chi connectivity index (χ0) is 23.4. The third-order valence-corrected chi connectivity index (χ3v) is 6.99. The standard InChI is InChI=1S/C18H22N6O5S3/c1-3-10(25)20-5-4-8-6-31-16-12(15(27)24(16)13(8)17(28)30)22-14(26)11(23-29-2)9-7-32-18(19)21-9/h7,12,16H,3-6H2,1-2H3,(H2,19,21)(H,20,25)(H,22,26)(H,28,30)/b23-11-/t12?,16-/m1/s1. The average Bonchev–Trinajstić information content (AvgIpc) is 3.20. The minimum Gasteiger partial charge on any atom is -0.398 e. The van der Waals surface area contributed by atoms with Gasteiger partial charge in [0.2, 0.25) is 11.0 Å². The molecular formula is C18H22N6O5S3. The van der Waals surface area contributed by atoms with E-state index in [4.69, 9.17) is 10.6 Å². The molecule has 0 aliphatic carbocycles. The molecule has 0 bridgehead atoms. The van der Waals surface area contributed by atoms with Crippen LogP contribution in [0.15, 0.2) is 21.8 Å². The zero-order valence-electron chi connectivity index (χ0n) is 17.3. The summed E-state index contributed by atoms with van der Waals surface area (Å²) in [6.07, 6.45) is 0.784. The molecule has 172 valence electrons. The molecule has 1 aromatic heterocycles. The number of carbonyl (C=O) groups is 4. The van der Waals surface area contributed by atoms with Crippen LogP contribution >= 0.6 is 35.7 Å². The Morgan fingerprint density at radius 3 is 2.78 bits per heavy atom. The number of thiazole rings is 1. The number of amides is 3. The first kappa shape index (κ1) is 24.1. The van der Waals surface area contributed by atoms with Crippen LogP contribution in [0, 0.1) is 0 Å². The minimum atomic E-state index is -0.852. The average molecular weight is 499 g/mol. The van der Waals surface area contributed by atoms with E-state index in [0.29, 0.717) is 25.1 Å². The number of rotatable bonds is 9. The number of hydrogen-bond donors (Lipinski definition) is 4. The third kappa shape index (κ3) is 4.91. The van der Waals surface area contributed by atoms with Gasteiger partial charge < -0.3 is 21.2 Å². The van der Waals surface area contributed by atoms with Gasteiger partial charge in [-0.15, -0.1) is 23.1 Å². The number of β-lactam (4-membered cyclic amide) rings is 1. The van der Waals surface area contributed by atoms with Crippen LogP contribution in [0.25, 0.3) is 0 Å². The number of hydrogen-bond acceptors (Lipinski definition) is 10. The van der Waals surface area contributed by atoms with E-state index in [1.165, 1.54) is 23.8 Å². The first-order valence-corrected chi connectivity index (χ1v) is 12.0. The van der Waals surface area contributed by atoms with Crippen molar-refractivity contribution in [2.45, 2.75) is 31.2 Å². The van der Waals surface area contributed by atoms with E-state index in [0.717, 1.165) is 16.9 Å². The van der Waals surface area contributed by atoms with Crippen molar-refractivity contribution in [2.75, 3.05) is 25.1 Å². The molecule has 4 N–H and O–H groups in total. The van der Waals surface area contributed by atoms with Gasteiger partial charge in [-0.1, -0.05) is 24.7 Å². The Hall–Kier alpha value is -2.58. The van der Waals surface area contributed by atoms with Gasteiger partial charge in [-0.3, -0.25) is 24.1 Å². The van der Waals surface area contributed by atoms with E-state index in [2.05, 4.69) is 33.4 Å². The number of fused-ring (bicyclic) bond motifs is 1. The first-order chi connectivity index (χ1) is 15.3. The predicted octanol–water partition coefficient (Wildman–Crippen LogP) is 0.103. The van der Waals surface area contributed by atoms with Crippen LogP contribution in [0.1, 0.15) is 25.5 Å². The maximum Gasteiger partial charge on any atom is 0.276 e. The summed E-state index contributed by atoms with van der Waals surface area (Å²) in [4.78, 5) is 59.4. The Labute approximate surface area is 197 Å². The molecule has 1 saturated heterocycles. The molecule has 14 heteroatoms.